The Labute approximate surface area is 72.0 Å². The van der Waals surface area contributed by atoms with Crippen LogP contribution in [0.3, 0.4) is 0 Å². The summed E-state index contributed by atoms with van der Waals surface area (Å²) in [6, 6.07) is 0. The Morgan fingerprint density at radius 2 is 2.00 bits per heavy atom. The molecule has 70 valence electrons. The second kappa shape index (κ2) is 2.44. The lowest BCUT2D eigenvalue weighted by Gasteiger charge is -2.20. The number of ether oxygens (including phenoxy) is 2. The topological polar surface area (TPSA) is 64.8 Å². The quantitative estimate of drug-likeness (QED) is 0.460. The minimum atomic E-state index is -0.909. The maximum atomic E-state index is 11.3. The van der Waals surface area contributed by atoms with Gasteiger partial charge in [0.1, 0.15) is 11.8 Å². The molecule has 1 rings (SSSR count). The Morgan fingerprint density at radius 1 is 1.58 bits per heavy atom. The molecule has 0 saturated carbocycles. The molecule has 0 amide bonds. The number of esters is 1. The lowest BCUT2D eigenvalue weighted by molar-refractivity contribution is -0.160. The minimum Gasteiger partial charge on any atom is -0.458 e. The molecule has 2 atom stereocenters. The first-order chi connectivity index (χ1) is 5.26. The highest BCUT2D eigenvalue weighted by molar-refractivity contribution is 5.82. The van der Waals surface area contributed by atoms with Gasteiger partial charge in [0.05, 0.1) is 0 Å². The van der Waals surface area contributed by atoms with Crippen LogP contribution in [0.1, 0.15) is 27.7 Å². The lowest BCUT2D eigenvalue weighted by atomic mass is 10.1. The van der Waals surface area contributed by atoms with Crippen molar-refractivity contribution in [2.45, 2.75) is 45.1 Å². The first kappa shape index (κ1) is 9.48. The van der Waals surface area contributed by atoms with Crippen LogP contribution in [0.15, 0.2) is 0 Å². The third kappa shape index (κ3) is 1.76. The van der Waals surface area contributed by atoms with Gasteiger partial charge in [-0.1, -0.05) is 0 Å². The second-order valence-electron chi connectivity index (χ2n) is 4.15. The third-order valence-corrected chi connectivity index (χ3v) is 1.66. The van der Waals surface area contributed by atoms with Crippen molar-refractivity contribution in [1.29, 1.82) is 0 Å². The molecule has 2 unspecified atom stereocenters. The number of carbonyl (C=O) groups excluding carboxylic acids is 1. The van der Waals surface area contributed by atoms with Crippen LogP contribution in [-0.4, -0.2) is 23.4 Å². The van der Waals surface area contributed by atoms with E-state index in [1.54, 1.807) is 6.92 Å². The van der Waals surface area contributed by atoms with Crippen molar-refractivity contribution in [2.75, 3.05) is 0 Å². The van der Waals surface area contributed by atoms with E-state index in [0.29, 0.717) is 0 Å². The number of carbonyl (C=O) groups is 1. The molecule has 1 aliphatic rings. The molecule has 0 bridgehead atoms. The highest BCUT2D eigenvalue weighted by Gasteiger charge is 2.58. The van der Waals surface area contributed by atoms with Crippen LogP contribution in [0.4, 0.5) is 0 Å². The van der Waals surface area contributed by atoms with Gasteiger partial charge in [-0.15, -0.1) is 0 Å². The molecular weight excluding hydrogens is 158 g/mol. The van der Waals surface area contributed by atoms with Crippen LogP contribution in [0.2, 0.25) is 0 Å². The highest BCUT2D eigenvalue weighted by Crippen LogP contribution is 2.34. The van der Waals surface area contributed by atoms with Gasteiger partial charge in [-0.25, -0.2) is 4.79 Å². The van der Waals surface area contributed by atoms with Crippen LogP contribution in [0, 0.1) is 0 Å². The number of hydrogen-bond acceptors (Lipinski definition) is 4. The maximum absolute atomic E-state index is 11.3. The molecule has 0 aliphatic carbocycles. The summed E-state index contributed by atoms with van der Waals surface area (Å²) in [5.74, 6) is -0.387. The standard InChI is InChI=1S/C8H15NO3/c1-7(2,3)12-6(10)8(4)5(9)11-8/h5H,9H2,1-4H3. The summed E-state index contributed by atoms with van der Waals surface area (Å²) in [5.41, 5.74) is 4.01. The van der Waals surface area contributed by atoms with Gasteiger partial charge in [0.25, 0.3) is 0 Å². The Bertz CT molecular complexity index is 209. The molecule has 4 nitrogen and oxygen atoms in total. The van der Waals surface area contributed by atoms with Gasteiger partial charge in [-0.2, -0.15) is 0 Å². The normalized spacial score (nSPS) is 34.6. The minimum absolute atomic E-state index is 0.387. The Morgan fingerprint density at radius 3 is 2.25 bits per heavy atom. The summed E-state index contributed by atoms with van der Waals surface area (Å²) in [4.78, 5) is 11.3. The first-order valence-corrected chi connectivity index (χ1v) is 3.92. The van der Waals surface area contributed by atoms with E-state index in [1.807, 2.05) is 20.8 Å². The average Bonchev–Trinajstić information content (AvgIpc) is 2.37. The molecule has 1 heterocycles. The molecular formula is C8H15NO3. The van der Waals surface area contributed by atoms with Crippen LogP contribution < -0.4 is 5.73 Å². The Balaban J connectivity index is 2.51. The van der Waals surface area contributed by atoms with Crippen LogP contribution in [0.25, 0.3) is 0 Å². The summed E-state index contributed by atoms with van der Waals surface area (Å²) in [6.07, 6.45) is -0.507. The molecule has 2 N–H and O–H groups in total. The second-order valence-corrected chi connectivity index (χ2v) is 4.15. The van der Waals surface area contributed by atoms with Gasteiger partial charge in [0.2, 0.25) is 5.60 Å². The van der Waals surface area contributed by atoms with Crippen LogP contribution in [-0.2, 0) is 14.3 Å². The molecule has 1 fully saturated rings. The van der Waals surface area contributed by atoms with E-state index < -0.39 is 17.4 Å². The molecule has 0 aromatic heterocycles. The van der Waals surface area contributed by atoms with Crippen LogP contribution in [0.5, 0.6) is 0 Å². The molecule has 4 heteroatoms. The number of hydrogen-bond donors (Lipinski definition) is 1. The van der Waals surface area contributed by atoms with Gasteiger partial charge in [-0.05, 0) is 27.7 Å². The van der Waals surface area contributed by atoms with E-state index in [1.165, 1.54) is 0 Å². The third-order valence-electron chi connectivity index (χ3n) is 1.66. The SMILES string of the molecule is CC(C)(C)OC(=O)C1(C)OC1N. The van der Waals surface area contributed by atoms with E-state index in [9.17, 15) is 4.79 Å². The molecule has 0 spiro atoms. The van der Waals surface area contributed by atoms with Gasteiger partial charge in [0.15, 0.2) is 0 Å². The fourth-order valence-corrected chi connectivity index (χ4v) is 0.773. The molecule has 0 aromatic carbocycles. The monoisotopic (exact) mass is 173 g/mol. The first-order valence-electron chi connectivity index (χ1n) is 3.92. The van der Waals surface area contributed by atoms with Crippen molar-refractivity contribution in [2.24, 2.45) is 5.73 Å². The van der Waals surface area contributed by atoms with Crippen LogP contribution >= 0.6 is 0 Å². The lowest BCUT2D eigenvalue weighted by Crippen LogP contribution is -2.35. The molecule has 0 aromatic rings. The van der Waals surface area contributed by atoms with Crippen molar-refractivity contribution >= 4 is 5.97 Å². The van der Waals surface area contributed by atoms with Gasteiger partial charge in [-0.3, -0.25) is 0 Å². The summed E-state index contributed by atoms with van der Waals surface area (Å²) in [6.45, 7) is 7.05. The summed E-state index contributed by atoms with van der Waals surface area (Å²) in [5, 5.41) is 0. The molecule has 12 heavy (non-hydrogen) atoms. The van der Waals surface area contributed by atoms with E-state index in [0.717, 1.165) is 0 Å². The fraction of sp³-hybridized carbons (Fsp3) is 0.875. The smallest absolute Gasteiger partial charge is 0.342 e. The predicted octanol–water partition coefficient (Wildman–Crippen LogP) is 0.402. The largest absolute Gasteiger partial charge is 0.458 e. The van der Waals surface area contributed by atoms with Crippen molar-refractivity contribution in [3.8, 4) is 0 Å². The maximum Gasteiger partial charge on any atom is 0.342 e. The summed E-state index contributed by atoms with van der Waals surface area (Å²) < 4.78 is 10.0. The fourth-order valence-electron chi connectivity index (χ4n) is 0.773. The molecule has 1 saturated heterocycles. The average molecular weight is 173 g/mol. The number of rotatable bonds is 1. The van der Waals surface area contributed by atoms with E-state index in [2.05, 4.69) is 0 Å². The molecule has 0 radical (unpaired) electrons. The van der Waals surface area contributed by atoms with E-state index in [4.69, 9.17) is 15.2 Å². The molecule has 1 aliphatic heterocycles. The Hall–Kier alpha value is -0.610. The zero-order valence-corrected chi connectivity index (χ0v) is 7.88. The zero-order valence-electron chi connectivity index (χ0n) is 7.88. The zero-order chi connectivity index (χ0) is 9.57. The van der Waals surface area contributed by atoms with E-state index in [-0.39, 0.29) is 5.97 Å². The van der Waals surface area contributed by atoms with Gasteiger partial charge < -0.3 is 15.2 Å². The Kier molecular flexibility index (Phi) is 1.92. The summed E-state index contributed by atoms with van der Waals surface area (Å²) >= 11 is 0. The van der Waals surface area contributed by atoms with Crippen molar-refractivity contribution in [3.63, 3.8) is 0 Å². The number of epoxide rings is 1. The number of nitrogens with two attached hydrogens (primary N) is 1. The van der Waals surface area contributed by atoms with Crippen molar-refractivity contribution < 1.29 is 14.3 Å². The van der Waals surface area contributed by atoms with E-state index >= 15 is 0 Å². The van der Waals surface area contributed by atoms with Gasteiger partial charge >= 0.3 is 5.97 Å². The predicted molar refractivity (Wildman–Crippen MR) is 43.3 cm³/mol. The van der Waals surface area contributed by atoms with Crippen molar-refractivity contribution in [1.82, 2.24) is 0 Å². The summed E-state index contributed by atoms with van der Waals surface area (Å²) in [7, 11) is 0. The highest BCUT2D eigenvalue weighted by atomic mass is 16.7. The van der Waals surface area contributed by atoms with Gasteiger partial charge in [0, 0.05) is 0 Å². The van der Waals surface area contributed by atoms with Crippen molar-refractivity contribution in [3.05, 3.63) is 0 Å².